The first-order valence-electron chi connectivity index (χ1n) is 17.4. The summed E-state index contributed by atoms with van der Waals surface area (Å²) >= 11 is 0. The zero-order valence-electron chi connectivity index (χ0n) is 31.7. The van der Waals surface area contributed by atoms with Crippen LogP contribution in [0.25, 0.3) is 0 Å². The number of unbranched alkanes of at least 4 members (excludes halogenated alkanes) is 3. The lowest BCUT2D eigenvalue weighted by Gasteiger charge is -2.38. The van der Waals surface area contributed by atoms with E-state index < -0.39 is 33.3 Å². The Balaban J connectivity index is 6.36. The molecule has 0 aromatic rings. The van der Waals surface area contributed by atoms with Crippen molar-refractivity contribution in [3.8, 4) is 0 Å². The molecule has 0 aliphatic heterocycles. The van der Waals surface area contributed by atoms with Gasteiger partial charge in [-0.15, -0.1) is 0 Å². The first kappa shape index (κ1) is 44.2. The van der Waals surface area contributed by atoms with Crippen LogP contribution in [0.4, 0.5) is 0 Å². The van der Waals surface area contributed by atoms with Gasteiger partial charge in [0.05, 0.1) is 18.3 Å². The fraction of sp³-hybridized carbons (Fsp3) is 0.824. The van der Waals surface area contributed by atoms with E-state index in [1.54, 1.807) is 0 Å². The molecule has 0 saturated heterocycles. The van der Waals surface area contributed by atoms with E-state index in [1.807, 2.05) is 32.8 Å². The van der Waals surface area contributed by atoms with Gasteiger partial charge in [0.25, 0.3) is 5.97 Å². The van der Waals surface area contributed by atoms with Crippen molar-refractivity contribution < 1.29 is 27.3 Å². The highest BCUT2D eigenvalue weighted by atomic mass is 28.4. The maximum atomic E-state index is 12.2. The van der Waals surface area contributed by atoms with Crippen molar-refractivity contribution in [3.05, 3.63) is 24.3 Å². The van der Waals surface area contributed by atoms with E-state index in [0.717, 1.165) is 32.1 Å². The summed E-state index contributed by atoms with van der Waals surface area (Å²) in [5.74, 6) is -0.00977. The summed E-state index contributed by atoms with van der Waals surface area (Å²) in [6.07, 6.45) is 18.8. The third kappa shape index (κ3) is 26.9. The van der Waals surface area contributed by atoms with E-state index in [1.165, 1.54) is 12.8 Å². The van der Waals surface area contributed by atoms with Crippen molar-refractivity contribution in [2.45, 2.75) is 169 Å². The van der Waals surface area contributed by atoms with Crippen LogP contribution in [-0.4, -0.2) is 70.4 Å². The van der Waals surface area contributed by atoms with Gasteiger partial charge in [-0.3, -0.25) is 4.79 Å². The molecule has 45 heavy (non-hydrogen) atoms. The Morgan fingerprint density at radius 1 is 0.711 bits per heavy atom. The van der Waals surface area contributed by atoms with Gasteiger partial charge in [-0.1, -0.05) is 55.6 Å². The molecule has 7 nitrogen and oxygen atoms in total. The average Bonchev–Trinajstić information content (AvgIpc) is 2.85. The highest BCUT2D eigenvalue weighted by molar-refractivity contribution is 6.71. The van der Waals surface area contributed by atoms with Crippen molar-refractivity contribution >= 4 is 45.5 Å². The second-order valence-corrected chi connectivity index (χ2v) is 33.7. The number of rotatable bonds is 25. The standard InChI is InChI=1S/C34H71NO6Si4/c1-15-17-20-23-30(38-42(3,4)5)26-27-32(39-43(6,7)8)31(33(40-44(9,10)11)28-29-35-37-16-2)24-21-18-19-22-25-34(36)41-45(12,13)14/h18,21,26-27,29-33H,15-17,19-20,22-25,28H2,1-14H3/b21-18-,27-26+,35-29-/t30-,31+,32?,33-/m0/s1. The van der Waals surface area contributed by atoms with E-state index in [4.69, 9.17) is 22.5 Å². The summed E-state index contributed by atoms with van der Waals surface area (Å²) < 4.78 is 26.1. The SMILES string of the molecule is CCCCC[C@@H](/C=C/C(O[Si](C)(C)C)[C@@H](C/C=C\CCCC(=O)O[Si](C)(C)C)[C@H](C/C=N\OCC)O[Si](C)(C)C)O[Si](C)(C)C. The number of carbonyl (C=O) groups excluding carboxylic acids is 1. The molecule has 4 atom stereocenters. The molecular formula is C34H71NO6Si4. The second-order valence-electron chi connectivity index (χ2n) is 15.9. The molecule has 1 unspecified atom stereocenters. The van der Waals surface area contributed by atoms with Crippen LogP contribution >= 0.6 is 0 Å². The Bertz CT molecular complexity index is 885. The van der Waals surface area contributed by atoms with Crippen molar-refractivity contribution in [3.63, 3.8) is 0 Å². The molecule has 0 rings (SSSR count). The number of nitrogens with zero attached hydrogens (tertiary/aromatic N) is 1. The zero-order valence-corrected chi connectivity index (χ0v) is 35.7. The molecule has 0 bridgehead atoms. The van der Waals surface area contributed by atoms with Gasteiger partial charge in [0.1, 0.15) is 6.61 Å². The summed E-state index contributed by atoms with van der Waals surface area (Å²) in [6.45, 7) is 31.1. The molecular weight excluding hydrogens is 631 g/mol. The lowest BCUT2D eigenvalue weighted by Crippen LogP contribution is -2.44. The molecule has 0 radical (unpaired) electrons. The fourth-order valence-corrected chi connectivity index (χ4v) is 8.96. The van der Waals surface area contributed by atoms with Gasteiger partial charge in [0, 0.05) is 25.0 Å². The predicted molar refractivity (Wildman–Crippen MR) is 203 cm³/mol. The Morgan fingerprint density at radius 3 is 1.87 bits per heavy atom. The number of hydrogen-bond acceptors (Lipinski definition) is 7. The molecule has 11 heteroatoms. The van der Waals surface area contributed by atoms with Crippen LogP contribution in [0.5, 0.6) is 0 Å². The van der Waals surface area contributed by atoms with Crippen molar-refractivity contribution in [1.82, 2.24) is 0 Å². The maximum absolute atomic E-state index is 12.2. The van der Waals surface area contributed by atoms with Crippen LogP contribution in [0.2, 0.25) is 78.6 Å². The van der Waals surface area contributed by atoms with E-state index >= 15 is 0 Å². The number of oxime groups is 1. The minimum atomic E-state index is -1.93. The molecule has 0 fully saturated rings. The molecule has 264 valence electrons. The van der Waals surface area contributed by atoms with Crippen LogP contribution in [0.15, 0.2) is 29.5 Å². The largest absolute Gasteiger partial charge is 0.520 e. The number of allylic oxidation sites excluding steroid dienone is 2. The summed E-state index contributed by atoms with van der Waals surface area (Å²) in [5, 5.41) is 4.18. The zero-order chi connectivity index (χ0) is 34.7. The minimum absolute atomic E-state index is 0.0732. The van der Waals surface area contributed by atoms with Gasteiger partial charge in [0.15, 0.2) is 25.0 Å². The first-order chi connectivity index (χ1) is 20.7. The lowest BCUT2D eigenvalue weighted by atomic mass is 9.89. The molecule has 0 amide bonds. The van der Waals surface area contributed by atoms with Crippen LogP contribution in [0, 0.1) is 5.92 Å². The second kappa shape index (κ2) is 21.9. The van der Waals surface area contributed by atoms with Gasteiger partial charge < -0.3 is 22.5 Å². The quantitative estimate of drug-likeness (QED) is 0.0310. The van der Waals surface area contributed by atoms with Crippen LogP contribution < -0.4 is 0 Å². The van der Waals surface area contributed by atoms with E-state index in [9.17, 15) is 4.79 Å². The van der Waals surface area contributed by atoms with E-state index in [2.05, 4.69) is 95.3 Å². The summed E-state index contributed by atoms with van der Waals surface area (Å²) in [6, 6.07) is 0. The Labute approximate surface area is 282 Å². The molecule has 0 aliphatic carbocycles. The molecule has 0 aliphatic rings. The van der Waals surface area contributed by atoms with E-state index in [0.29, 0.717) is 19.4 Å². The molecule has 0 spiro atoms. The highest BCUT2D eigenvalue weighted by Crippen LogP contribution is 2.29. The summed E-state index contributed by atoms with van der Waals surface area (Å²) in [4.78, 5) is 17.5. The molecule has 0 aromatic carbocycles. The van der Waals surface area contributed by atoms with Crippen molar-refractivity contribution in [1.29, 1.82) is 0 Å². The van der Waals surface area contributed by atoms with Crippen LogP contribution in [0.1, 0.15) is 71.6 Å². The van der Waals surface area contributed by atoms with Crippen LogP contribution in [-0.2, 0) is 27.3 Å². The van der Waals surface area contributed by atoms with Crippen molar-refractivity contribution in [2.75, 3.05) is 6.61 Å². The average molecular weight is 702 g/mol. The Morgan fingerprint density at radius 2 is 1.33 bits per heavy atom. The smallest absolute Gasteiger partial charge is 0.292 e. The highest BCUT2D eigenvalue weighted by Gasteiger charge is 2.35. The normalized spacial score (nSPS) is 16.4. The molecule has 0 saturated carbocycles. The molecule has 0 heterocycles. The van der Waals surface area contributed by atoms with Gasteiger partial charge in [-0.05, 0) is 111 Å². The third-order valence-corrected chi connectivity index (χ3v) is 10.2. The maximum Gasteiger partial charge on any atom is 0.292 e. The van der Waals surface area contributed by atoms with Crippen LogP contribution in [0.3, 0.4) is 0 Å². The summed E-state index contributed by atoms with van der Waals surface area (Å²) in [7, 11) is -7.43. The van der Waals surface area contributed by atoms with Gasteiger partial charge in [-0.2, -0.15) is 0 Å². The van der Waals surface area contributed by atoms with Gasteiger partial charge >= 0.3 is 0 Å². The van der Waals surface area contributed by atoms with E-state index in [-0.39, 0.29) is 30.2 Å². The predicted octanol–water partition coefficient (Wildman–Crippen LogP) is 10.3. The molecule has 0 aromatic heterocycles. The minimum Gasteiger partial charge on any atom is -0.520 e. The Hall–Kier alpha value is -0.832. The topological polar surface area (TPSA) is 75.6 Å². The third-order valence-electron chi connectivity index (χ3n) is 6.37. The monoisotopic (exact) mass is 701 g/mol. The van der Waals surface area contributed by atoms with Gasteiger partial charge in [0.2, 0.25) is 8.32 Å². The first-order valence-corrected chi connectivity index (χ1v) is 31.0. The summed E-state index contributed by atoms with van der Waals surface area (Å²) in [5.41, 5.74) is 0. The lowest BCUT2D eigenvalue weighted by molar-refractivity contribution is -0.135. The Kier molecular flexibility index (Phi) is 21.5. The van der Waals surface area contributed by atoms with Gasteiger partial charge in [-0.25, -0.2) is 0 Å². The molecule has 0 N–H and O–H groups in total. The van der Waals surface area contributed by atoms with Crippen molar-refractivity contribution in [2.24, 2.45) is 11.1 Å². The fourth-order valence-electron chi connectivity index (χ4n) is 4.82. The number of carbonyl (C=O) groups is 1. The number of hydrogen-bond donors (Lipinski definition) is 0.